The van der Waals surface area contributed by atoms with Gasteiger partial charge in [-0.2, -0.15) is 0 Å². The van der Waals surface area contributed by atoms with Crippen LogP contribution in [0.15, 0.2) is 0 Å². The van der Waals surface area contributed by atoms with Gasteiger partial charge in [-0.25, -0.2) is 0 Å². The van der Waals surface area contributed by atoms with Gasteiger partial charge in [0.05, 0.1) is 12.3 Å². The van der Waals surface area contributed by atoms with Crippen molar-refractivity contribution in [3.63, 3.8) is 0 Å². The number of aliphatic hydroxyl groups is 1. The summed E-state index contributed by atoms with van der Waals surface area (Å²) in [5, 5.41) is 9.67. The van der Waals surface area contributed by atoms with Crippen molar-refractivity contribution in [1.82, 2.24) is 19.6 Å². The fraction of sp³-hybridized carbons (Fsp3) is 1.00. The largest absolute Gasteiger partial charge is 0.392 e. The summed E-state index contributed by atoms with van der Waals surface area (Å²) in [5.41, 5.74) is 0. The van der Waals surface area contributed by atoms with Crippen molar-refractivity contribution >= 4 is 0 Å². The summed E-state index contributed by atoms with van der Waals surface area (Å²) in [4.78, 5) is 9.39. The molecule has 1 N–H and O–H groups in total. The van der Waals surface area contributed by atoms with Gasteiger partial charge in [-0.15, -0.1) is 0 Å². The van der Waals surface area contributed by atoms with Gasteiger partial charge in [0.25, 0.3) is 0 Å². The molecule has 0 aliphatic carbocycles. The lowest BCUT2D eigenvalue weighted by atomic mass is 10.2. The Kier molecular flexibility index (Phi) is 12.1. The Morgan fingerprint density at radius 1 is 0.818 bits per heavy atom. The summed E-state index contributed by atoms with van der Waals surface area (Å²) in [6.45, 7) is 9.33. The highest BCUT2D eigenvalue weighted by Crippen LogP contribution is 2.11. The zero-order valence-electron chi connectivity index (χ0n) is 16.0. The van der Waals surface area contributed by atoms with Crippen molar-refractivity contribution in [3.05, 3.63) is 0 Å². The quantitative estimate of drug-likeness (QED) is 0.517. The molecule has 0 aromatic heterocycles. The third-order valence-corrected chi connectivity index (χ3v) is 3.95. The number of likely N-dealkylation sites (N-methyl/N-ethyl adjacent to an activating group) is 1. The zero-order chi connectivity index (χ0) is 17.1. The molecule has 0 amide bonds. The standard InChI is InChI=1S/C17H40N4O/c1-8-17(20(7)15-16(2)22)21(13-9-11-18(3)4)14-10-12-19(5)6/h16-17,22H,8-15H2,1-7H3. The molecule has 0 rings (SSSR count). The molecule has 0 heterocycles. The van der Waals surface area contributed by atoms with Crippen LogP contribution in [0.4, 0.5) is 0 Å². The molecule has 0 aromatic carbocycles. The molecule has 0 fully saturated rings. The first-order valence-electron chi connectivity index (χ1n) is 8.69. The molecule has 22 heavy (non-hydrogen) atoms. The van der Waals surface area contributed by atoms with Crippen LogP contribution in [0.1, 0.15) is 33.1 Å². The molecule has 0 spiro atoms. The van der Waals surface area contributed by atoms with Gasteiger partial charge in [0, 0.05) is 19.6 Å². The van der Waals surface area contributed by atoms with E-state index in [1.807, 2.05) is 6.92 Å². The second-order valence-corrected chi connectivity index (χ2v) is 7.03. The van der Waals surface area contributed by atoms with Crippen molar-refractivity contribution in [2.24, 2.45) is 0 Å². The van der Waals surface area contributed by atoms with E-state index in [-0.39, 0.29) is 6.10 Å². The fourth-order valence-electron chi connectivity index (χ4n) is 2.98. The van der Waals surface area contributed by atoms with Crippen molar-refractivity contribution in [1.29, 1.82) is 0 Å². The molecule has 0 aliphatic heterocycles. The van der Waals surface area contributed by atoms with Gasteiger partial charge in [-0.3, -0.25) is 9.80 Å². The highest BCUT2D eigenvalue weighted by molar-refractivity contribution is 4.72. The Morgan fingerprint density at radius 2 is 1.27 bits per heavy atom. The number of hydrogen-bond acceptors (Lipinski definition) is 5. The lowest BCUT2D eigenvalue weighted by Gasteiger charge is -2.38. The predicted octanol–water partition coefficient (Wildman–Crippen LogP) is 1.24. The predicted molar refractivity (Wildman–Crippen MR) is 96.3 cm³/mol. The second-order valence-electron chi connectivity index (χ2n) is 7.03. The first-order chi connectivity index (χ1) is 10.3. The highest BCUT2D eigenvalue weighted by atomic mass is 16.3. The molecular weight excluding hydrogens is 276 g/mol. The van der Waals surface area contributed by atoms with E-state index in [4.69, 9.17) is 0 Å². The highest BCUT2D eigenvalue weighted by Gasteiger charge is 2.21. The first kappa shape index (κ1) is 21.8. The van der Waals surface area contributed by atoms with Gasteiger partial charge >= 0.3 is 0 Å². The molecule has 0 aliphatic rings. The van der Waals surface area contributed by atoms with Crippen LogP contribution in [-0.2, 0) is 0 Å². The molecule has 2 unspecified atom stereocenters. The summed E-state index contributed by atoms with van der Waals surface area (Å²) in [7, 11) is 10.7. The molecule has 2 atom stereocenters. The molecule has 5 nitrogen and oxygen atoms in total. The molecular formula is C17H40N4O. The van der Waals surface area contributed by atoms with E-state index >= 15 is 0 Å². The molecule has 0 bridgehead atoms. The van der Waals surface area contributed by atoms with E-state index in [0.29, 0.717) is 6.17 Å². The van der Waals surface area contributed by atoms with Gasteiger partial charge in [0.1, 0.15) is 0 Å². The number of nitrogens with zero attached hydrogens (tertiary/aromatic N) is 4. The summed E-state index contributed by atoms with van der Waals surface area (Å²) in [5.74, 6) is 0. The summed E-state index contributed by atoms with van der Waals surface area (Å²) in [6, 6.07) is 0. The summed E-state index contributed by atoms with van der Waals surface area (Å²) >= 11 is 0. The monoisotopic (exact) mass is 316 g/mol. The van der Waals surface area contributed by atoms with E-state index in [1.54, 1.807) is 0 Å². The molecule has 134 valence electrons. The van der Waals surface area contributed by atoms with E-state index in [9.17, 15) is 5.11 Å². The Hall–Kier alpha value is -0.200. The lowest BCUT2D eigenvalue weighted by molar-refractivity contribution is 0.0249. The van der Waals surface area contributed by atoms with Crippen LogP contribution in [0.2, 0.25) is 0 Å². The van der Waals surface area contributed by atoms with Crippen LogP contribution in [-0.4, -0.2) is 105 Å². The van der Waals surface area contributed by atoms with Crippen LogP contribution < -0.4 is 0 Å². The minimum atomic E-state index is -0.274. The third kappa shape index (κ3) is 10.5. The van der Waals surface area contributed by atoms with Gasteiger partial charge in [-0.05, 0) is 74.5 Å². The second kappa shape index (κ2) is 12.3. The maximum absolute atomic E-state index is 9.67. The molecule has 5 heteroatoms. The normalized spacial score (nSPS) is 15.3. The van der Waals surface area contributed by atoms with E-state index < -0.39 is 0 Å². The fourth-order valence-corrected chi connectivity index (χ4v) is 2.98. The Balaban J connectivity index is 4.60. The van der Waals surface area contributed by atoms with Crippen molar-refractivity contribution in [2.75, 3.05) is 68.0 Å². The minimum absolute atomic E-state index is 0.274. The maximum atomic E-state index is 9.67. The van der Waals surface area contributed by atoms with Gasteiger partial charge in [0.15, 0.2) is 0 Å². The lowest BCUT2D eigenvalue weighted by Crippen LogP contribution is -2.49. The van der Waals surface area contributed by atoms with E-state index in [2.05, 4.69) is 61.8 Å². The smallest absolute Gasteiger partial charge is 0.0639 e. The third-order valence-electron chi connectivity index (χ3n) is 3.95. The van der Waals surface area contributed by atoms with Crippen molar-refractivity contribution < 1.29 is 5.11 Å². The first-order valence-corrected chi connectivity index (χ1v) is 8.69. The van der Waals surface area contributed by atoms with Gasteiger partial charge in [-0.1, -0.05) is 6.92 Å². The van der Waals surface area contributed by atoms with Gasteiger partial charge < -0.3 is 14.9 Å². The molecule has 0 saturated carbocycles. The maximum Gasteiger partial charge on any atom is 0.0639 e. The number of rotatable bonds is 13. The van der Waals surface area contributed by atoms with Crippen LogP contribution >= 0.6 is 0 Å². The van der Waals surface area contributed by atoms with Crippen molar-refractivity contribution in [2.45, 2.75) is 45.4 Å². The number of hydrogen-bond donors (Lipinski definition) is 1. The minimum Gasteiger partial charge on any atom is -0.392 e. The van der Waals surface area contributed by atoms with Gasteiger partial charge in [0.2, 0.25) is 0 Å². The Bertz CT molecular complexity index is 245. The summed E-state index contributed by atoms with van der Waals surface area (Å²) < 4.78 is 0. The Morgan fingerprint density at radius 3 is 1.59 bits per heavy atom. The molecule has 0 aromatic rings. The van der Waals surface area contributed by atoms with Crippen LogP contribution in [0.3, 0.4) is 0 Å². The van der Waals surface area contributed by atoms with Crippen LogP contribution in [0, 0.1) is 0 Å². The molecule has 0 radical (unpaired) electrons. The SMILES string of the molecule is CCC(N(C)CC(C)O)N(CCCN(C)C)CCCN(C)C. The van der Waals surface area contributed by atoms with Crippen LogP contribution in [0.5, 0.6) is 0 Å². The molecule has 0 saturated heterocycles. The average Bonchev–Trinajstić information content (AvgIpc) is 2.37. The van der Waals surface area contributed by atoms with E-state index in [1.165, 1.54) is 12.8 Å². The average molecular weight is 317 g/mol. The van der Waals surface area contributed by atoms with Crippen LogP contribution in [0.25, 0.3) is 0 Å². The van der Waals surface area contributed by atoms with Crippen molar-refractivity contribution in [3.8, 4) is 0 Å². The number of aliphatic hydroxyl groups excluding tert-OH is 1. The summed E-state index contributed by atoms with van der Waals surface area (Å²) in [6.07, 6.45) is 3.61. The zero-order valence-corrected chi connectivity index (χ0v) is 16.0. The Labute approximate surface area is 138 Å². The topological polar surface area (TPSA) is 33.2 Å². The van der Waals surface area contributed by atoms with E-state index in [0.717, 1.165) is 39.1 Å².